The van der Waals surface area contributed by atoms with Crippen molar-refractivity contribution in [2.75, 3.05) is 46.4 Å². The van der Waals surface area contributed by atoms with Gasteiger partial charge in [0.15, 0.2) is 11.2 Å². The molecule has 1 aliphatic rings. The second-order valence-corrected chi connectivity index (χ2v) is 6.56. The lowest BCUT2D eigenvalue weighted by Crippen LogP contribution is -2.44. The molecule has 0 radical (unpaired) electrons. The van der Waals surface area contributed by atoms with E-state index in [0.29, 0.717) is 23.5 Å². The fourth-order valence-corrected chi connectivity index (χ4v) is 3.27. The normalized spacial score (nSPS) is 16.7. The van der Waals surface area contributed by atoms with Gasteiger partial charge in [-0.25, -0.2) is 4.79 Å². The number of nitrogens with zero attached hydrogens (tertiary/aromatic N) is 2. The lowest BCUT2D eigenvalue weighted by atomic mass is 10.1. The fourth-order valence-electron chi connectivity index (χ4n) is 3.27. The summed E-state index contributed by atoms with van der Waals surface area (Å²) in [5.74, 6) is 0.522. The molecule has 6 nitrogen and oxygen atoms in total. The van der Waals surface area contributed by atoms with E-state index in [-0.39, 0.29) is 5.63 Å². The summed E-state index contributed by atoms with van der Waals surface area (Å²) >= 11 is 0. The Morgan fingerprint density at radius 1 is 1.08 bits per heavy atom. The molecule has 1 fully saturated rings. The van der Waals surface area contributed by atoms with E-state index in [0.717, 1.165) is 49.9 Å². The van der Waals surface area contributed by atoms with Crippen LogP contribution in [0.2, 0.25) is 0 Å². The van der Waals surface area contributed by atoms with Crippen molar-refractivity contribution in [1.29, 1.82) is 0 Å². The van der Waals surface area contributed by atoms with Gasteiger partial charge < -0.3 is 23.4 Å². The van der Waals surface area contributed by atoms with Crippen LogP contribution in [-0.2, 0) is 0 Å². The Morgan fingerprint density at radius 2 is 1.88 bits per heavy atom. The zero-order chi connectivity index (χ0) is 17.2. The molecule has 0 saturated carbocycles. The first-order valence-electron chi connectivity index (χ1n) is 8.68. The minimum absolute atomic E-state index is 0.388. The maximum Gasteiger partial charge on any atom is 0.336 e. The number of hydrogen-bond acceptors (Lipinski definition) is 6. The SMILES string of the molecule is CN1CCN(CCCOc2c3occc3cc3ccc(=O)oc23)CC1. The third-order valence-corrected chi connectivity index (χ3v) is 4.74. The van der Waals surface area contributed by atoms with Crippen molar-refractivity contribution in [2.45, 2.75) is 6.42 Å². The van der Waals surface area contributed by atoms with Crippen LogP contribution < -0.4 is 10.4 Å². The lowest BCUT2D eigenvalue weighted by molar-refractivity contribution is 0.145. The molecule has 0 unspecified atom stereocenters. The van der Waals surface area contributed by atoms with Crippen molar-refractivity contribution < 1.29 is 13.6 Å². The maximum absolute atomic E-state index is 11.6. The number of likely N-dealkylation sites (N-methyl/N-ethyl adjacent to an activating group) is 1. The predicted octanol–water partition coefficient (Wildman–Crippen LogP) is 2.56. The molecule has 0 spiro atoms. The van der Waals surface area contributed by atoms with Gasteiger partial charge in [0.25, 0.3) is 0 Å². The van der Waals surface area contributed by atoms with Gasteiger partial charge in [-0.1, -0.05) is 0 Å². The molecule has 3 heterocycles. The molecule has 6 heteroatoms. The lowest BCUT2D eigenvalue weighted by Gasteiger charge is -2.32. The molecule has 4 rings (SSSR count). The number of hydrogen-bond donors (Lipinski definition) is 0. The zero-order valence-electron chi connectivity index (χ0n) is 14.4. The minimum Gasteiger partial charge on any atom is -0.486 e. The summed E-state index contributed by atoms with van der Waals surface area (Å²) in [7, 11) is 2.16. The first-order chi connectivity index (χ1) is 12.2. The second-order valence-electron chi connectivity index (χ2n) is 6.56. The monoisotopic (exact) mass is 342 g/mol. The largest absolute Gasteiger partial charge is 0.486 e. The van der Waals surface area contributed by atoms with E-state index >= 15 is 0 Å². The molecule has 0 aliphatic carbocycles. The van der Waals surface area contributed by atoms with Gasteiger partial charge in [0.2, 0.25) is 5.75 Å². The van der Waals surface area contributed by atoms with Crippen LogP contribution in [0.4, 0.5) is 0 Å². The summed E-state index contributed by atoms with van der Waals surface area (Å²) in [4.78, 5) is 16.4. The van der Waals surface area contributed by atoms with Crippen LogP contribution >= 0.6 is 0 Å². The minimum atomic E-state index is -0.388. The molecule has 132 valence electrons. The van der Waals surface area contributed by atoms with Gasteiger partial charge in [0.1, 0.15) is 0 Å². The molecular formula is C19H22N2O4. The maximum atomic E-state index is 11.6. The highest BCUT2D eigenvalue weighted by Gasteiger charge is 2.16. The van der Waals surface area contributed by atoms with Crippen molar-refractivity contribution in [3.8, 4) is 5.75 Å². The topological polar surface area (TPSA) is 59.1 Å². The number of ether oxygens (including phenoxy) is 1. The molecule has 1 aliphatic heterocycles. The van der Waals surface area contributed by atoms with Gasteiger partial charge in [-0.3, -0.25) is 0 Å². The summed E-state index contributed by atoms with van der Waals surface area (Å²) in [6, 6.07) is 7.00. The number of fused-ring (bicyclic) bond motifs is 2. The first-order valence-corrected chi connectivity index (χ1v) is 8.68. The van der Waals surface area contributed by atoms with E-state index in [1.54, 1.807) is 12.3 Å². The first kappa shape index (κ1) is 16.2. The standard InChI is InChI=1S/C19H22N2O4/c1-20-7-9-21(10-8-20)6-2-11-23-19-17-15(5-12-24-17)13-14-3-4-16(22)25-18(14)19/h3-5,12-13H,2,6-11H2,1H3. The van der Waals surface area contributed by atoms with Crippen LogP contribution in [0, 0.1) is 0 Å². The Balaban J connectivity index is 1.49. The number of benzene rings is 1. The van der Waals surface area contributed by atoms with E-state index in [4.69, 9.17) is 13.6 Å². The van der Waals surface area contributed by atoms with Gasteiger partial charge in [0, 0.05) is 49.6 Å². The third kappa shape index (κ3) is 3.41. The van der Waals surface area contributed by atoms with E-state index < -0.39 is 0 Å². The molecule has 0 N–H and O–H groups in total. The van der Waals surface area contributed by atoms with Crippen molar-refractivity contribution in [2.24, 2.45) is 0 Å². The third-order valence-electron chi connectivity index (χ3n) is 4.74. The summed E-state index contributed by atoms with van der Waals surface area (Å²) in [6.07, 6.45) is 2.54. The summed E-state index contributed by atoms with van der Waals surface area (Å²) in [6.45, 7) is 5.98. The van der Waals surface area contributed by atoms with Crippen molar-refractivity contribution >= 4 is 21.9 Å². The molecule has 0 atom stereocenters. The van der Waals surface area contributed by atoms with Crippen LogP contribution in [0.1, 0.15) is 6.42 Å². The van der Waals surface area contributed by atoms with Gasteiger partial charge in [-0.15, -0.1) is 0 Å². The van der Waals surface area contributed by atoms with Gasteiger partial charge in [0.05, 0.1) is 12.9 Å². The van der Waals surface area contributed by atoms with Gasteiger partial charge in [-0.2, -0.15) is 0 Å². The average Bonchev–Trinajstić information content (AvgIpc) is 3.08. The van der Waals surface area contributed by atoms with E-state index in [9.17, 15) is 4.79 Å². The van der Waals surface area contributed by atoms with E-state index in [2.05, 4.69) is 16.8 Å². The Hall–Kier alpha value is -2.31. The Kier molecular flexibility index (Phi) is 4.46. The van der Waals surface area contributed by atoms with Crippen LogP contribution in [0.3, 0.4) is 0 Å². The smallest absolute Gasteiger partial charge is 0.336 e. The highest BCUT2D eigenvalue weighted by molar-refractivity contribution is 5.99. The zero-order valence-corrected chi connectivity index (χ0v) is 14.4. The molecule has 25 heavy (non-hydrogen) atoms. The van der Waals surface area contributed by atoms with Crippen LogP contribution in [0.25, 0.3) is 21.9 Å². The predicted molar refractivity (Wildman–Crippen MR) is 96.3 cm³/mol. The molecule has 3 aromatic rings. The Labute approximate surface area is 145 Å². The van der Waals surface area contributed by atoms with E-state index in [1.807, 2.05) is 12.1 Å². The quantitative estimate of drug-likeness (QED) is 0.525. The van der Waals surface area contributed by atoms with Crippen molar-refractivity contribution in [3.05, 3.63) is 40.9 Å². The Morgan fingerprint density at radius 3 is 2.72 bits per heavy atom. The number of rotatable bonds is 5. The highest BCUT2D eigenvalue weighted by Crippen LogP contribution is 2.34. The molecule has 2 aromatic heterocycles. The molecular weight excluding hydrogens is 320 g/mol. The van der Waals surface area contributed by atoms with Crippen molar-refractivity contribution in [3.63, 3.8) is 0 Å². The molecule has 0 amide bonds. The summed E-state index contributed by atoms with van der Waals surface area (Å²) < 4.78 is 16.9. The highest BCUT2D eigenvalue weighted by atomic mass is 16.5. The fraction of sp³-hybridized carbons (Fsp3) is 0.421. The average molecular weight is 342 g/mol. The van der Waals surface area contributed by atoms with Gasteiger partial charge >= 0.3 is 5.63 Å². The Bertz CT molecular complexity index is 922. The van der Waals surface area contributed by atoms with Gasteiger partial charge in [-0.05, 0) is 31.7 Å². The summed E-state index contributed by atoms with van der Waals surface area (Å²) in [5, 5.41) is 1.78. The van der Waals surface area contributed by atoms with Crippen LogP contribution in [0.15, 0.2) is 44.2 Å². The number of piperazine rings is 1. The number of furan rings is 1. The second kappa shape index (κ2) is 6.90. The van der Waals surface area contributed by atoms with Crippen molar-refractivity contribution in [1.82, 2.24) is 9.80 Å². The molecule has 1 saturated heterocycles. The van der Waals surface area contributed by atoms with Crippen LogP contribution in [0.5, 0.6) is 5.75 Å². The van der Waals surface area contributed by atoms with E-state index in [1.165, 1.54) is 6.07 Å². The molecule has 0 bridgehead atoms. The summed E-state index contributed by atoms with van der Waals surface area (Å²) in [5.41, 5.74) is 0.691. The van der Waals surface area contributed by atoms with Crippen LogP contribution in [-0.4, -0.2) is 56.2 Å². The molecule has 1 aromatic carbocycles.